The zero-order valence-electron chi connectivity index (χ0n) is 11.7. The molecule has 1 aliphatic rings. The summed E-state index contributed by atoms with van der Waals surface area (Å²) in [6.07, 6.45) is -1.98. The second kappa shape index (κ2) is 5.92. The summed E-state index contributed by atoms with van der Waals surface area (Å²) in [6.45, 7) is 3.75. The predicted molar refractivity (Wildman–Crippen MR) is 67.9 cm³/mol. The van der Waals surface area contributed by atoms with Crippen LogP contribution in [-0.4, -0.2) is 17.9 Å². The van der Waals surface area contributed by atoms with E-state index >= 15 is 0 Å². The van der Waals surface area contributed by atoms with Crippen molar-refractivity contribution >= 4 is 17.9 Å². The summed E-state index contributed by atoms with van der Waals surface area (Å²) in [5, 5.41) is 0. The fourth-order valence-electron chi connectivity index (χ4n) is 1.94. The number of fused-ring (bicyclic) bond motifs is 1. The summed E-state index contributed by atoms with van der Waals surface area (Å²) >= 11 is 0. The van der Waals surface area contributed by atoms with Crippen molar-refractivity contribution < 1.29 is 33.3 Å². The first kappa shape index (κ1) is 15.0. The molecule has 0 N–H and O–H groups in total. The van der Waals surface area contributed by atoms with E-state index in [1.165, 1.54) is 32.9 Å². The molecule has 0 aliphatic carbocycles. The molecule has 1 aliphatic heterocycles. The molecular formula is C14H14O7. The van der Waals surface area contributed by atoms with Gasteiger partial charge in [0, 0.05) is 31.9 Å². The van der Waals surface area contributed by atoms with Crippen molar-refractivity contribution in [2.75, 3.05) is 0 Å². The number of hydrogen-bond acceptors (Lipinski definition) is 7. The van der Waals surface area contributed by atoms with Crippen molar-refractivity contribution in [2.45, 2.75) is 33.4 Å². The van der Waals surface area contributed by atoms with E-state index in [2.05, 4.69) is 0 Å². The third kappa shape index (κ3) is 3.57. The Bertz CT molecular complexity index is 593. The van der Waals surface area contributed by atoms with Crippen LogP contribution >= 0.6 is 0 Å². The van der Waals surface area contributed by atoms with E-state index < -0.39 is 30.5 Å². The third-order valence-electron chi connectivity index (χ3n) is 2.62. The average Bonchev–Trinajstić information content (AvgIpc) is 2.65. The van der Waals surface area contributed by atoms with E-state index in [4.69, 9.17) is 18.9 Å². The highest BCUT2D eigenvalue weighted by molar-refractivity contribution is 5.70. The van der Waals surface area contributed by atoms with Crippen molar-refractivity contribution in [1.82, 2.24) is 0 Å². The van der Waals surface area contributed by atoms with Crippen LogP contribution in [0, 0.1) is 0 Å². The van der Waals surface area contributed by atoms with Gasteiger partial charge < -0.3 is 14.2 Å². The molecule has 0 aromatic heterocycles. The SMILES string of the molecule is CC(=O)Oc1ccc2c(c1)C(OC(C)=O)OC2OC(C)=O. The van der Waals surface area contributed by atoms with Crippen LogP contribution in [0.2, 0.25) is 0 Å². The molecule has 0 spiro atoms. The lowest BCUT2D eigenvalue weighted by Gasteiger charge is -2.13. The van der Waals surface area contributed by atoms with E-state index in [1.54, 1.807) is 6.07 Å². The minimum Gasteiger partial charge on any atom is -0.431 e. The molecule has 21 heavy (non-hydrogen) atoms. The van der Waals surface area contributed by atoms with Crippen LogP contribution in [0.1, 0.15) is 44.5 Å². The Morgan fingerprint density at radius 1 is 0.905 bits per heavy atom. The maximum absolute atomic E-state index is 11.1. The van der Waals surface area contributed by atoms with Gasteiger partial charge in [-0.3, -0.25) is 19.1 Å². The summed E-state index contributed by atoms with van der Waals surface area (Å²) in [5.74, 6) is -1.27. The molecule has 1 aromatic rings. The molecule has 2 unspecified atom stereocenters. The van der Waals surface area contributed by atoms with Crippen LogP contribution in [-0.2, 0) is 28.6 Å². The van der Waals surface area contributed by atoms with Crippen molar-refractivity contribution in [3.05, 3.63) is 29.3 Å². The topological polar surface area (TPSA) is 88.1 Å². The van der Waals surface area contributed by atoms with Gasteiger partial charge in [-0.2, -0.15) is 0 Å². The van der Waals surface area contributed by atoms with Gasteiger partial charge in [-0.1, -0.05) is 0 Å². The second-order valence-electron chi connectivity index (χ2n) is 4.40. The first-order valence-corrected chi connectivity index (χ1v) is 6.19. The lowest BCUT2D eigenvalue weighted by Crippen LogP contribution is -2.10. The highest BCUT2D eigenvalue weighted by atomic mass is 16.8. The Kier molecular flexibility index (Phi) is 4.23. The molecule has 1 heterocycles. The minimum absolute atomic E-state index is 0.283. The zero-order chi connectivity index (χ0) is 15.6. The summed E-state index contributed by atoms with van der Waals surface area (Å²) in [6, 6.07) is 4.63. The molecule has 0 saturated carbocycles. The fourth-order valence-corrected chi connectivity index (χ4v) is 1.94. The highest BCUT2D eigenvalue weighted by Crippen LogP contribution is 2.42. The Labute approximate surface area is 120 Å². The quantitative estimate of drug-likeness (QED) is 0.620. The zero-order valence-corrected chi connectivity index (χ0v) is 11.7. The maximum Gasteiger partial charge on any atom is 0.308 e. The monoisotopic (exact) mass is 294 g/mol. The van der Waals surface area contributed by atoms with Gasteiger partial charge in [0.2, 0.25) is 12.6 Å². The molecule has 0 radical (unpaired) electrons. The largest absolute Gasteiger partial charge is 0.431 e. The number of esters is 3. The Morgan fingerprint density at radius 3 is 2.00 bits per heavy atom. The first-order valence-electron chi connectivity index (χ1n) is 6.19. The number of benzene rings is 1. The summed E-state index contributed by atoms with van der Waals surface area (Å²) in [7, 11) is 0. The molecule has 0 saturated heterocycles. The number of carbonyl (C=O) groups excluding carboxylic acids is 3. The number of rotatable bonds is 3. The fraction of sp³-hybridized carbons (Fsp3) is 0.357. The Hall–Kier alpha value is -2.41. The van der Waals surface area contributed by atoms with Gasteiger partial charge in [0.05, 0.1) is 0 Å². The lowest BCUT2D eigenvalue weighted by atomic mass is 10.1. The van der Waals surface area contributed by atoms with E-state index in [9.17, 15) is 14.4 Å². The molecule has 2 atom stereocenters. The van der Waals surface area contributed by atoms with E-state index in [0.29, 0.717) is 11.1 Å². The number of hydrogen-bond donors (Lipinski definition) is 0. The van der Waals surface area contributed by atoms with Gasteiger partial charge in [-0.25, -0.2) is 0 Å². The first-order chi connectivity index (χ1) is 9.86. The number of ether oxygens (including phenoxy) is 4. The Morgan fingerprint density at radius 2 is 1.48 bits per heavy atom. The van der Waals surface area contributed by atoms with Gasteiger partial charge in [0.1, 0.15) is 5.75 Å². The maximum atomic E-state index is 11.1. The van der Waals surface area contributed by atoms with Crippen molar-refractivity contribution in [3.8, 4) is 5.75 Å². The smallest absolute Gasteiger partial charge is 0.308 e. The molecule has 112 valence electrons. The molecule has 7 nitrogen and oxygen atoms in total. The normalized spacial score (nSPS) is 19.6. The Balaban J connectivity index is 2.33. The van der Waals surface area contributed by atoms with Crippen LogP contribution in [0.3, 0.4) is 0 Å². The molecule has 2 rings (SSSR count). The van der Waals surface area contributed by atoms with Gasteiger partial charge >= 0.3 is 17.9 Å². The molecule has 0 bridgehead atoms. The lowest BCUT2D eigenvalue weighted by molar-refractivity contribution is -0.227. The van der Waals surface area contributed by atoms with Crippen molar-refractivity contribution in [3.63, 3.8) is 0 Å². The summed E-state index contributed by atoms with van der Waals surface area (Å²) in [5.41, 5.74) is 1.00. The van der Waals surface area contributed by atoms with Crippen LogP contribution in [0.25, 0.3) is 0 Å². The minimum atomic E-state index is -1.02. The number of carbonyl (C=O) groups is 3. The highest BCUT2D eigenvalue weighted by Gasteiger charge is 2.36. The predicted octanol–water partition coefficient (Wildman–Crippen LogP) is 1.77. The van der Waals surface area contributed by atoms with Crippen molar-refractivity contribution in [2.24, 2.45) is 0 Å². The van der Waals surface area contributed by atoms with Crippen LogP contribution in [0.4, 0.5) is 0 Å². The van der Waals surface area contributed by atoms with Gasteiger partial charge in [-0.05, 0) is 18.2 Å². The molecular weight excluding hydrogens is 280 g/mol. The average molecular weight is 294 g/mol. The van der Waals surface area contributed by atoms with E-state index in [1.807, 2.05) is 0 Å². The van der Waals surface area contributed by atoms with Gasteiger partial charge in [0.15, 0.2) is 0 Å². The van der Waals surface area contributed by atoms with Crippen LogP contribution in [0.15, 0.2) is 18.2 Å². The molecule has 0 fully saturated rings. The molecule has 0 amide bonds. The van der Waals surface area contributed by atoms with E-state index in [0.717, 1.165) is 0 Å². The standard InChI is InChI=1S/C14H14O7/c1-7(15)18-10-4-5-11-12(6-10)14(20-9(3)17)21-13(11)19-8(2)16/h4-6,13-14H,1-3H3. The summed E-state index contributed by atoms with van der Waals surface area (Å²) < 4.78 is 20.4. The van der Waals surface area contributed by atoms with Crippen LogP contribution in [0.5, 0.6) is 5.75 Å². The summed E-state index contributed by atoms with van der Waals surface area (Å²) in [4.78, 5) is 33.2. The second-order valence-corrected chi connectivity index (χ2v) is 4.40. The molecule has 1 aromatic carbocycles. The third-order valence-corrected chi connectivity index (χ3v) is 2.62. The van der Waals surface area contributed by atoms with Crippen LogP contribution < -0.4 is 4.74 Å². The van der Waals surface area contributed by atoms with Gasteiger partial charge in [0.25, 0.3) is 0 Å². The van der Waals surface area contributed by atoms with E-state index in [-0.39, 0.29) is 5.75 Å². The van der Waals surface area contributed by atoms with Gasteiger partial charge in [-0.15, -0.1) is 0 Å². The van der Waals surface area contributed by atoms with Crippen molar-refractivity contribution in [1.29, 1.82) is 0 Å². The molecule has 7 heteroatoms.